The molecule has 2 aromatic carbocycles. The second-order valence-corrected chi connectivity index (χ2v) is 7.89. The van der Waals surface area contributed by atoms with Crippen molar-refractivity contribution >= 4 is 11.6 Å². The fourth-order valence-corrected chi connectivity index (χ4v) is 4.19. The molecule has 2 aliphatic rings. The summed E-state index contributed by atoms with van der Waals surface area (Å²) in [6, 6.07) is 18.5. The minimum atomic E-state index is 0.199. The van der Waals surface area contributed by atoms with Gasteiger partial charge >= 0.3 is 0 Å². The molecule has 0 aromatic heterocycles. The van der Waals surface area contributed by atoms with Gasteiger partial charge in [-0.1, -0.05) is 42.0 Å². The Kier molecular flexibility index (Phi) is 5.44. The Balaban J connectivity index is 1.33. The van der Waals surface area contributed by atoms with Crippen LogP contribution in [0.4, 0.5) is 5.69 Å². The molecule has 2 aromatic rings. The van der Waals surface area contributed by atoms with Crippen LogP contribution in [0.25, 0.3) is 11.1 Å². The van der Waals surface area contributed by atoms with Gasteiger partial charge < -0.3 is 15.5 Å². The van der Waals surface area contributed by atoms with Crippen molar-refractivity contribution in [2.75, 3.05) is 24.5 Å². The van der Waals surface area contributed by atoms with Crippen LogP contribution in [-0.2, 0) is 4.79 Å². The standard InChI is InChI=1S/C23H29N3O/c1-17-4-2-5-18(14-17)19-6-3-7-22(15-19)26-12-10-20(11-13-26)24-16-21-8-9-23(27)25-21/h2-7,14-15,20-21,24H,8-13,16H2,1H3,(H,25,27)/t21-/m1/s1. The summed E-state index contributed by atoms with van der Waals surface area (Å²) in [7, 11) is 0. The first-order valence-electron chi connectivity index (χ1n) is 10.1. The van der Waals surface area contributed by atoms with E-state index in [0.717, 1.165) is 38.9 Å². The number of piperidine rings is 1. The molecule has 0 radical (unpaired) electrons. The molecule has 2 saturated heterocycles. The quantitative estimate of drug-likeness (QED) is 0.855. The van der Waals surface area contributed by atoms with Crippen LogP contribution >= 0.6 is 0 Å². The van der Waals surface area contributed by atoms with Gasteiger partial charge in [-0.3, -0.25) is 4.79 Å². The number of anilines is 1. The van der Waals surface area contributed by atoms with Crippen LogP contribution in [0.3, 0.4) is 0 Å². The highest BCUT2D eigenvalue weighted by Gasteiger charge is 2.23. The molecule has 0 saturated carbocycles. The topological polar surface area (TPSA) is 44.4 Å². The van der Waals surface area contributed by atoms with Gasteiger partial charge in [0, 0.05) is 43.8 Å². The first-order chi connectivity index (χ1) is 13.2. The van der Waals surface area contributed by atoms with E-state index >= 15 is 0 Å². The summed E-state index contributed by atoms with van der Waals surface area (Å²) in [4.78, 5) is 13.8. The highest BCUT2D eigenvalue weighted by atomic mass is 16.1. The lowest BCUT2D eigenvalue weighted by Crippen LogP contribution is -2.46. The molecule has 2 fully saturated rings. The van der Waals surface area contributed by atoms with Crippen LogP contribution in [0.2, 0.25) is 0 Å². The van der Waals surface area contributed by atoms with Gasteiger partial charge in [0.2, 0.25) is 5.91 Å². The molecular weight excluding hydrogens is 334 g/mol. The normalized spacial score (nSPS) is 20.7. The van der Waals surface area contributed by atoms with Gasteiger partial charge in [-0.2, -0.15) is 0 Å². The van der Waals surface area contributed by atoms with Gasteiger partial charge in [-0.15, -0.1) is 0 Å². The van der Waals surface area contributed by atoms with E-state index in [1.54, 1.807) is 0 Å². The third-order valence-corrected chi connectivity index (χ3v) is 5.80. The lowest BCUT2D eigenvalue weighted by atomic mass is 10.0. The highest BCUT2D eigenvalue weighted by Crippen LogP contribution is 2.27. The van der Waals surface area contributed by atoms with E-state index in [0.29, 0.717) is 18.5 Å². The smallest absolute Gasteiger partial charge is 0.220 e. The van der Waals surface area contributed by atoms with E-state index in [1.807, 2.05) is 0 Å². The molecule has 142 valence electrons. The van der Waals surface area contributed by atoms with E-state index in [4.69, 9.17) is 0 Å². The molecule has 0 aliphatic carbocycles. The summed E-state index contributed by atoms with van der Waals surface area (Å²) < 4.78 is 0. The van der Waals surface area contributed by atoms with Crippen molar-refractivity contribution in [3.05, 3.63) is 54.1 Å². The third-order valence-electron chi connectivity index (χ3n) is 5.80. The Hall–Kier alpha value is -2.33. The molecule has 2 heterocycles. The average molecular weight is 364 g/mol. The Morgan fingerprint density at radius 1 is 1.04 bits per heavy atom. The molecule has 1 amide bonds. The molecule has 0 spiro atoms. The van der Waals surface area contributed by atoms with Crippen molar-refractivity contribution in [3.8, 4) is 11.1 Å². The van der Waals surface area contributed by atoms with Crippen molar-refractivity contribution in [2.24, 2.45) is 0 Å². The zero-order valence-corrected chi connectivity index (χ0v) is 16.1. The van der Waals surface area contributed by atoms with E-state index in [-0.39, 0.29) is 5.91 Å². The molecule has 2 aliphatic heterocycles. The molecule has 0 bridgehead atoms. The van der Waals surface area contributed by atoms with E-state index in [1.165, 1.54) is 22.4 Å². The number of amides is 1. The lowest BCUT2D eigenvalue weighted by molar-refractivity contribution is -0.119. The minimum Gasteiger partial charge on any atom is -0.371 e. The van der Waals surface area contributed by atoms with Gasteiger partial charge in [-0.05, 0) is 49.4 Å². The van der Waals surface area contributed by atoms with Crippen molar-refractivity contribution in [1.82, 2.24) is 10.6 Å². The van der Waals surface area contributed by atoms with Crippen molar-refractivity contribution in [3.63, 3.8) is 0 Å². The van der Waals surface area contributed by atoms with Gasteiger partial charge in [0.1, 0.15) is 0 Å². The predicted octanol–water partition coefficient (Wildman–Crippen LogP) is 3.50. The Labute approximate surface area is 162 Å². The number of nitrogens with one attached hydrogen (secondary N) is 2. The number of nitrogens with zero attached hydrogens (tertiary/aromatic N) is 1. The summed E-state index contributed by atoms with van der Waals surface area (Å²) in [6.07, 6.45) is 3.95. The van der Waals surface area contributed by atoms with E-state index in [2.05, 4.69) is 71.0 Å². The molecule has 4 rings (SSSR count). The molecule has 0 unspecified atom stereocenters. The second-order valence-electron chi connectivity index (χ2n) is 7.89. The van der Waals surface area contributed by atoms with Gasteiger partial charge in [-0.25, -0.2) is 0 Å². The van der Waals surface area contributed by atoms with Gasteiger partial charge in [0.25, 0.3) is 0 Å². The Morgan fingerprint density at radius 2 is 1.78 bits per heavy atom. The van der Waals surface area contributed by atoms with Crippen LogP contribution < -0.4 is 15.5 Å². The van der Waals surface area contributed by atoms with Crippen LogP contribution in [0.5, 0.6) is 0 Å². The summed E-state index contributed by atoms with van der Waals surface area (Å²) in [5, 5.41) is 6.70. The summed E-state index contributed by atoms with van der Waals surface area (Å²) in [6.45, 7) is 5.19. The summed E-state index contributed by atoms with van der Waals surface area (Å²) in [5.41, 5.74) is 5.18. The molecule has 4 heteroatoms. The SMILES string of the molecule is Cc1cccc(-c2cccc(N3CCC(NC[C@H]4CCC(=O)N4)CC3)c2)c1. The van der Waals surface area contributed by atoms with Crippen LogP contribution in [0.1, 0.15) is 31.2 Å². The average Bonchev–Trinajstić information content (AvgIpc) is 3.12. The number of aryl methyl sites for hydroxylation is 1. The maximum atomic E-state index is 11.3. The number of carbonyl (C=O) groups excluding carboxylic acids is 1. The van der Waals surface area contributed by atoms with Gasteiger partial charge in [0.15, 0.2) is 0 Å². The fraction of sp³-hybridized carbons (Fsp3) is 0.435. The summed E-state index contributed by atoms with van der Waals surface area (Å²) >= 11 is 0. The third kappa shape index (κ3) is 4.51. The first-order valence-corrected chi connectivity index (χ1v) is 10.1. The maximum absolute atomic E-state index is 11.3. The highest BCUT2D eigenvalue weighted by molar-refractivity contribution is 5.78. The van der Waals surface area contributed by atoms with Crippen LogP contribution in [-0.4, -0.2) is 37.6 Å². The minimum absolute atomic E-state index is 0.199. The Bertz CT molecular complexity index is 796. The second kappa shape index (κ2) is 8.13. The zero-order valence-electron chi connectivity index (χ0n) is 16.1. The lowest BCUT2D eigenvalue weighted by Gasteiger charge is -2.34. The summed E-state index contributed by atoms with van der Waals surface area (Å²) in [5.74, 6) is 0.199. The zero-order chi connectivity index (χ0) is 18.6. The maximum Gasteiger partial charge on any atom is 0.220 e. The van der Waals surface area contributed by atoms with E-state index in [9.17, 15) is 4.79 Å². The number of carbonyl (C=O) groups is 1. The fourth-order valence-electron chi connectivity index (χ4n) is 4.19. The number of benzene rings is 2. The monoisotopic (exact) mass is 363 g/mol. The molecule has 1 atom stereocenters. The van der Waals surface area contributed by atoms with Crippen molar-refractivity contribution in [1.29, 1.82) is 0 Å². The largest absolute Gasteiger partial charge is 0.371 e. The molecule has 2 N–H and O–H groups in total. The van der Waals surface area contributed by atoms with Crippen LogP contribution in [0, 0.1) is 6.92 Å². The van der Waals surface area contributed by atoms with Crippen LogP contribution in [0.15, 0.2) is 48.5 Å². The first kappa shape index (κ1) is 18.1. The molecular formula is C23H29N3O. The van der Waals surface area contributed by atoms with Gasteiger partial charge in [0.05, 0.1) is 0 Å². The molecule has 4 nitrogen and oxygen atoms in total. The van der Waals surface area contributed by atoms with Crippen molar-refractivity contribution < 1.29 is 4.79 Å². The Morgan fingerprint density at radius 3 is 2.48 bits per heavy atom. The van der Waals surface area contributed by atoms with Crippen molar-refractivity contribution in [2.45, 2.75) is 44.7 Å². The predicted molar refractivity (Wildman–Crippen MR) is 111 cm³/mol. The molecule has 27 heavy (non-hydrogen) atoms. The number of rotatable bonds is 5. The number of hydrogen-bond acceptors (Lipinski definition) is 3. The van der Waals surface area contributed by atoms with E-state index < -0.39 is 0 Å². The number of hydrogen-bond donors (Lipinski definition) is 2.